The lowest BCUT2D eigenvalue weighted by molar-refractivity contribution is -0.384. The van der Waals surface area contributed by atoms with Crippen molar-refractivity contribution in [2.24, 2.45) is 10.8 Å². The molecular weight excluding hydrogens is 503 g/mol. The largest absolute Gasteiger partial charge is 0.427 e. The van der Waals surface area contributed by atoms with E-state index >= 15 is 0 Å². The maximum absolute atomic E-state index is 14.1. The number of non-ortho nitro benzene ring substituents is 1. The second-order valence-corrected chi connectivity index (χ2v) is 12.9. The van der Waals surface area contributed by atoms with Gasteiger partial charge in [-0.3, -0.25) is 19.5 Å². The summed E-state index contributed by atoms with van der Waals surface area (Å²) in [7, 11) is -3.93. The van der Waals surface area contributed by atoms with Crippen molar-refractivity contribution in [1.82, 2.24) is 5.32 Å². The van der Waals surface area contributed by atoms with E-state index in [1.165, 1.54) is 18.2 Å². The summed E-state index contributed by atoms with van der Waals surface area (Å²) in [6.07, 6.45) is 0. The Bertz CT molecular complexity index is 1210. The van der Waals surface area contributed by atoms with Crippen molar-refractivity contribution in [3.05, 3.63) is 62.2 Å². The van der Waals surface area contributed by atoms with E-state index in [-0.39, 0.29) is 35.2 Å². The van der Waals surface area contributed by atoms with Crippen LogP contribution in [0.3, 0.4) is 0 Å². The third kappa shape index (κ3) is 6.29. The summed E-state index contributed by atoms with van der Waals surface area (Å²) in [5, 5.41) is 14.7. The number of benzene rings is 1. The molecule has 0 bridgehead atoms. The van der Waals surface area contributed by atoms with Crippen LogP contribution in [0.4, 0.5) is 5.69 Å². The average molecular weight is 537 g/mol. The van der Waals surface area contributed by atoms with Gasteiger partial charge in [0, 0.05) is 28.9 Å². The van der Waals surface area contributed by atoms with Gasteiger partial charge in [0.1, 0.15) is 0 Å². The number of hydrogen-bond donors (Lipinski definition) is 1. The van der Waals surface area contributed by atoms with Gasteiger partial charge in [-0.25, -0.2) is 4.79 Å². The number of hydrogen-bond acceptors (Lipinski definition) is 10. The summed E-state index contributed by atoms with van der Waals surface area (Å²) in [4.78, 5) is 36.4. The summed E-state index contributed by atoms with van der Waals surface area (Å²) in [6.45, 7) is 11.8. The summed E-state index contributed by atoms with van der Waals surface area (Å²) in [6, 6.07) is 5.70. The first-order valence-electron chi connectivity index (χ1n) is 11.7. The number of esters is 2. The standard InChI is InChI=1S/C25H33N2O9P/c1-15-19(22(28)33-14-34-23(29)24(3,4)5)20(17-9-8-10-18(11-17)27(30)31)21(16(2)26-15)37(32)35-12-25(6,7)13-36-37/h8-11,20,26H,12-14H2,1-7H3/t20-/m1/s1. The fourth-order valence-corrected chi connectivity index (χ4v) is 6.38. The van der Waals surface area contributed by atoms with E-state index in [2.05, 4.69) is 5.32 Å². The molecule has 3 rings (SSSR count). The number of ether oxygens (including phenoxy) is 2. The van der Waals surface area contributed by atoms with E-state index < -0.39 is 42.6 Å². The van der Waals surface area contributed by atoms with Gasteiger partial charge in [0.25, 0.3) is 5.69 Å². The number of rotatable bonds is 6. The van der Waals surface area contributed by atoms with Gasteiger partial charge in [-0.1, -0.05) is 26.0 Å². The maximum atomic E-state index is 14.1. The molecule has 2 heterocycles. The van der Waals surface area contributed by atoms with Gasteiger partial charge < -0.3 is 23.8 Å². The first-order chi connectivity index (χ1) is 17.1. The minimum atomic E-state index is -3.93. The van der Waals surface area contributed by atoms with Crippen LogP contribution in [0, 0.1) is 20.9 Å². The van der Waals surface area contributed by atoms with Crippen LogP contribution in [0.25, 0.3) is 0 Å². The highest BCUT2D eigenvalue weighted by Crippen LogP contribution is 2.66. The second-order valence-electron chi connectivity index (χ2n) is 10.9. The fourth-order valence-electron chi connectivity index (χ4n) is 3.93. The highest BCUT2D eigenvalue weighted by atomic mass is 31.2. The lowest BCUT2D eigenvalue weighted by Gasteiger charge is -2.39. The molecule has 1 aromatic carbocycles. The van der Waals surface area contributed by atoms with E-state index in [1.807, 2.05) is 13.8 Å². The van der Waals surface area contributed by atoms with Gasteiger partial charge in [0.2, 0.25) is 6.79 Å². The normalized spacial score (nSPS) is 21.2. The van der Waals surface area contributed by atoms with Crippen molar-refractivity contribution >= 4 is 25.2 Å². The summed E-state index contributed by atoms with van der Waals surface area (Å²) < 4.78 is 36.0. The number of allylic oxidation sites excluding steroid dienone is 3. The van der Waals surface area contributed by atoms with Crippen LogP contribution < -0.4 is 5.32 Å². The van der Waals surface area contributed by atoms with E-state index in [0.717, 1.165) is 0 Å². The van der Waals surface area contributed by atoms with E-state index in [0.29, 0.717) is 17.0 Å². The summed E-state index contributed by atoms with van der Waals surface area (Å²) in [5.74, 6) is -2.45. The minimum Gasteiger partial charge on any atom is -0.427 e. The van der Waals surface area contributed by atoms with Crippen molar-refractivity contribution in [1.29, 1.82) is 0 Å². The van der Waals surface area contributed by atoms with E-state index in [9.17, 15) is 24.3 Å². The molecule has 1 fully saturated rings. The van der Waals surface area contributed by atoms with Gasteiger partial charge in [-0.15, -0.1) is 0 Å². The van der Waals surface area contributed by atoms with Crippen molar-refractivity contribution in [3.8, 4) is 0 Å². The third-order valence-electron chi connectivity index (χ3n) is 5.90. The van der Waals surface area contributed by atoms with Crippen LogP contribution in [0.15, 0.2) is 46.5 Å². The number of carbonyl (C=O) groups excluding carboxylic acids is 2. The molecule has 202 valence electrons. The maximum Gasteiger partial charge on any atom is 0.360 e. The smallest absolute Gasteiger partial charge is 0.360 e. The Kier molecular flexibility index (Phi) is 8.02. The topological polar surface area (TPSA) is 143 Å². The lowest BCUT2D eigenvalue weighted by atomic mass is 9.86. The second kappa shape index (κ2) is 10.4. The Labute approximate surface area is 215 Å². The van der Waals surface area contributed by atoms with Gasteiger partial charge in [0.15, 0.2) is 0 Å². The zero-order valence-electron chi connectivity index (χ0n) is 22.1. The van der Waals surface area contributed by atoms with Crippen molar-refractivity contribution in [2.45, 2.75) is 54.4 Å². The van der Waals surface area contributed by atoms with Crippen LogP contribution >= 0.6 is 7.60 Å². The highest BCUT2D eigenvalue weighted by Gasteiger charge is 2.48. The summed E-state index contributed by atoms with van der Waals surface area (Å²) in [5.41, 5.74) is -0.190. The molecule has 0 aromatic heterocycles. The zero-order valence-corrected chi connectivity index (χ0v) is 23.0. The van der Waals surface area contributed by atoms with Crippen LogP contribution in [0.1, 0.15) is 59.9 Å². The van der Waals surface area contributed by atoms with Gasteiger partial charge in [-0.05, 0) is 40.2 Å². The Morgan fingerprint density at radius 1 is 1.16 bits per heavy atom. The van der Waals surface area contributed by atoms with Crippen LogP contribution in [0.5, 0.6) is 0 Å². The number of dihydropyridines is 1. The Morgan fingerprint density at radius 2 is 1.78 bits per heavy atom. The zero-order chi connectivity index (χ0) is 27.8. The summed E-state index contributed by atoms with van der Waals surface area (Å²) >= 11 is 0. The first-order valence-corrected chi connectivity index (χ1v) is 13.3. The molecule has 1 saturated heterocycles. The number of carbonyl (C=O) groups is 2. The molecule has 1 atom stereocenters. The molecule has 0 aliphatic carbocycles. The van der Waals surface area contributed by atoms with Crippen molar-refractivity contribution in [3.63, 3.8) is 0 Å². The van der Waals surface area contributed by atoms with E-state index in [4.69, 9.17) is 18.5 Å². The van der Waals surface area contributed by atoms with E-state index in [1.54, 1.807) is 40.7 Å². The molecule has 0 amide bonds. The quantitative estimate of drug-likeness (QED) is 0.171. The number of nitrogens with zero attached hydrogens (tertiary/aromatic N) is 1. The van der Waals surface area contributed by atoms with Crippen LogP contribution in [-0.4, -0.2) is 36.9 Å². The molecule has 1 aromatic rings. The predicted molar refractivity (Wildman–Crippen MR) is 134 cm³/mol. The molecule has 2 aliphatic rings. The average Bonchev–Trinajstić information content (AvgIpc) is 2.80. The van der Waals surface area contributed by atoms with Crippen LogP contribution in [0.2, 0.25) is 0 Å². The SMILES string of the molecule is CC1=C(C(=O)OCOC(=O)C(C)(C)C)[C@@H](c2cccc([N+](=O)[O-])c2)C(P2(=O)OCC(C)(C)CO2)=C(C)N1. The van der Waals surface area contributed by atoms with Gasteiger partial charge in [0.05, 0.1) is 40.4 Å². The Morgan fingerprint density at radius 3 is 2.35 bits per heavy atom. The number of nitro groups is 1. The highest BCUT2D eigenvalue weighted by molar-refractivity contribution is 7.58. The molecule has 0 spiro atoms. The van der Waals surface area contributed by atoms with Gasteiger partial charge >= 0.3 is 19.5 Å². The Hall–Kier alpha value is -3.01. The molecule has 0 unspecified atom stereocenters. The van der Waals surface area contributed by atoms with Crippen molar-refractivity contribution < 1.29 is 37.6 Å². The lowest BCUT2D eigenvalue weighted by Crippen LogP contribution is -2.34. The number of nitro benzene ring substituents is 1. The monoisotopic (exact) mass is 536 g/mol. The molecule has 0 radical (unpaired) electrons. The molecule has 0 saturated carbocycles. The van der Waals surface area contributed by atoms with Gasteiger partial charge in [-0.2, -0.15) is 0 Å². The van der Waals surface area contributed by atoms with Crippen LogP contribution in [-0.2, 0) is 32.7 Å². The molecule has 37 heavy (non-hydrogen) atoms. The minimum absolute atomic E-state index is 0.0418. The molecule has 2 aliphatic heterocycles. The fraction of sp³-hybridized carbons (Fsp3) is 0.520. The molecule has 11 nitrogen and oxygen atoms in total. The molecule has 12 heteroatoms. The molecule has 1 N–H and O–H groups in total. The first kappa shape index (κ1) is 28.6. The number of nitrogens with one attached hydrogen (secondary N) is 1. The molecular formula is C25H33N2O9P. The third-order valence-corrected chi connectivity index (χ3v) is 8.02. The predicted octanol–water partition coefficient (Wildman–Crippen LogP) is 5.14. The van der Waals surface area contributed by atoms with Crippen molar-refractivity contribution in [2.75, 3.05) is 20.0 Å². The Balaban J connectivity index is 2.05.